The molecule has 0 saturated heterocycles. The number of nitrogens with one attached hydrogen (secondary N) is 2. The SMILES string of the molecule is COc1cccc(-n2c(O)c([C@@H]3NCCc4ccccc43)c(=O)[nH]c2=S)c1. The lowest BCUT2D eigenvalue weighted by molar-refractivity contribution is 0.408. The summed E-state index contributed by atoms with van der Waals surface area (Å²) in [7, 11) is 1.57. The molecule has 0 spiro atoms. The van der Waals surface area contributed by atoms with Crippen molar-refractivity contribution < 1.29 is 9.84 Å². The van der Waals surface area contributed by atoms with Gasteiger partial charge in [0, 0.05) is 12.6 Å². The molecule has 1 aliphatic rings. The Hall–Kier alpha value is -2.90. The highest BCUT2D eigenvalue weighted by Crippen LogP contribution is 2.32. The second-order valence-electron chi connectivity index (χ2n) is 6.37. The van der Waals surface area contributed by atoms with Crippen molar-refractivity contribution in [2.75, 3.05) is 13.7 Å². The third-order valence-corrected chi connectivity index (χ3v) is 5.11. The summed E-state index contributed by atoms with van der Waals surface area (Å²) in [6, 6.07) is 14.7. The number of hydrogen-bond acceptors (Lipinski definition) is 5. The second kappa shape index (κ2) is 7.02. The largest absolute Gasteiger partial charge is 0.497 e. The number of benzene rings is 2. The van der Waals surface area contributed by atoms with Crippen molar-refractivity contribution >= 4 is 12.2 Å². The maximum atomic E-state index is 12.7. The van der Waals surface area contributed by atoms with Gasteiger partial charge in [-0.2, -0.15) is 0 Å². The number of hydrogen-bond donors (Lipinski definition) is 3. The molecule has 3 N–H and O–H groups in total. The van der Waals surface area contributed by atoms with E-state index in [0.717, 1.165) is 24.1 Å². The summed E-state index contributed by atoms with van der Waals surface area (Å²) in [5, 5.41) is 14.4. The van der Waals surface area contributed by atoms with Gasteiger partial charge in [0.05, 0.1) is 24.4 Å². The molecular formula is C20H19N3O3S. The van der Waals surface area contributed by atoms with Crippen LogP contribution in [0.15, 0.2) is 53.3 Å². The Morgan fingerprint density at radius 3 is 2.85 bits per heavy atom. The summed E-state index contributed by atoms with van der Waals surface area (Å²) >= 11 is 5.31. The number of nitrogens with zero attached hydrogens (tertiary/aromatic N) is 1. The van der Waals surface area contributed by atoms with Gasteiger partial charge in [-0.25, -0.2) is 0 Å². The van der Waals surface area contributed by atoms with E-state index in [9.17, 15) is 9.90 Å². The van der Waals surface area contributed by atoms with Crippen molar-refractivity contribution in [1.82, 2.24) is 14.9 Å². The minimum absolute atomic E-state index is 0.124. The number of aromatic amines is 1. The zero-order valence-electron chi connectivity index (χ0n) is 14.7. The van der Waals surface area contributed by atoms with Crippen LogP contribution in [-0.2, 0) is 6.42 Å². The van der Waals surface area contributed by atoms with Crippen LogP contribution in [0.2, 0.25) is 0 Å². The molecule has 2 aromatic carbocycles. The molecule has 0 aliphatic carbocycles. The Kier molecular flexibility index (Phi) is 4.55. The average Bonchev–Trinajstić information content (AvgIpc) is 2.68. The fourth-order valence-electron chi connectivity index (χ4n) is 3.55. The first kappa shape index (κ1) is 17.5. The van der Waals surface area contributed by atoms with Crippen molar-refractivity contribution in [2.45, 2.75) is 12.5 Å². The van der Waals surface area contributed by atoms with Crippen molar-refractivity contribution in [2.24, 2.45) is 0 Å². The molecule has 3 aromatic rings. The quantitative estimate of drug-likeness (QED) is 0.608. The Morgan fingerprint density at radius 1 is 1.22 bits per heavy atom. The van der Waals surface area contributed by atoms with Gasteiger partial charge in [0.25, 0.3) is 5.56 Å². The molecular weight excluding hydrogens is 362 g/mol. The van der Waals surface area contributed by atoms with Crippen LogP contribution < -0.4 is 15.6 Å². The molecule has 0 radical (unpaired) electrons. The van der Waals surface area contributed by atoms with Gasteiger partial charge in [-0.1, -0.05) is 30.3 Å². The summed E-state index contributed by atoms with van der Waals surface area (Å²) in [5.41, 5.74) is 2.61. The normalized spacial score (nSPS) is 16.0. The third kappa shape index (κ3) is 3.05. The molecule has 138 valence electrons. The molecule has 2 heterocycles. The lowest BCUT2D eigenvalue weighted by Gasteiger charge is -2.27. The van der Waals surface area contributed by atoms with Gasteiger partial charge in [0.15, 0.2) is 4.77 Å². The molecule has 0 bridgehead atoms. The van der Waals surface area contributed by atoms with Gasteiger partial charge >= 0.3 is 0 Å². The van der Waals surface area contributed by atoms with E-state index in [1.165, 1.54) is 4.57 Å². The fourth-order valence-corrected chi connectivity index (χ4v) is 3.83. The number of rotatable bonds is 3. The van der Waals surface area contributed by atoms with E-state index in [1.807, 2.05) is 24.3 Å². The predicted molar refractivity (Wildman–Crippen MR) is 105 cm³/mol. The van der Waals surface area contributed by atoms with E-state index in [2.05, 4.69) is 10.3 Å². The van der Waals surface area contributed by atoms with E-state index in [0.29, 0.717) is 11.4 Å². The standard InChI is InChI=1S/C20H19N3O3S/c1-26-14-7-4-6-13(11-14)23-19(25)16(18(24)22-20(23)27)17-15-8-3-2-5-12(15)9-10-21-17/h2-8,11,17,21,25H,9-10H2,1H3,(H,22,24,27)/t17-/m1/s1. The lowest BCUT2D eigenvalue weighted by atomic mass is 9.90. The lowest BCUT2D eigenvalue weighted by Crippen LogP contribution is -2.35. The van der Waals surface area contributed by atoms with E-state index in [1.54, 1.807) is 31.4 Å². The molecule has 0 unspecified atom stereocenters. The van der Waals surface area contributed by atoms with Crippen molar-refractivity contribution in [3.05, 3.63) is 80.3 Å². The van der Waals surface area contributed by atoms with Crippen molar-refractivity contribution in [3.63, 3.8) is 0 Å². The number of aromatic nitrogens is 2. The van der Waals surface area contributed by atoms with E-state index >= 15 is 0 Å². The summed E-state index contributed by atoms with van der Waals surface area (Å²) in [5.74, 6) is 0.453. The molecule has 7 heteroatoms. The molecule has 1 aromatic heterocycles. The van der Waals surface area contributed by atoms with Gasteiger partial charge in [0.1, 0.15) is 5.75 Å². The van der Waals surface area contributed by atoms with Crippen LogP contribution in [0.5, 0.6) is 11.6 Å². The summed E-state index contributed by atoms with van der Waals surface area (Å²) in [6.07, 6.45) is 0.875. The Morgan fingerprint density at radius 2 is 2.04 bits per heavy atom. The second-order valence-corrected chi connectivity index (χ2v) is 6.76. The van der Waals surface area contributed by atoms with Gasteiger partial charge in [-0.3, -0.25) is 14.3 Å². The van der Waals surface area contributed by atoms with Crippen LogP contribution in [0.25, 0.3) is 5.69 Å². The van der Waals surface area contributed by atoms with Gasteiger partial charge in [-0.05, 0) is 41.9 Å². The maximum Gasteiger partial charge on any atom is 0.260 e. The van der Waals surface area contributed by atoms with Crippen molar-refractivity contribution in [1.29, 1.82) is 0 Å². The minimum atomic E-state index is -0.411. The number of methoxy groups -OCH3 is 1. The van der Waals surface area contributed by atoms with E-state index in [4.69, 9.17) is 17.0 Å². The highest BCUT2D eigenvalue weighted by molar-refractivity contribution is 7.71. The van der Waals surface area contributed by atoms with Gasteiger partial charge in [-0.15, -0.1) is 0 Å². The Labute approximate surface area is 161 Å². The highest BCUT2D eigenvalue weighted by atomic mass is 32.1. The third-order valence-electron chi connectivity index (χ3n) is 4.83. The summed E-state index contributed by atoms with van der Waals surface area (Å²) < 4.78 is 6.84. The van der Waals surface area contributed by atoms with Crippen molar-refractivity contribution in [3.8, 4) is 17.3 Å². The van der Waals surface area contributed by atoms with Gasteiger partial charge < -0.3 is 15.2 Å². The highest BCUT2D eigenvalue weighted by Gasteiger charge is 2.28. The molecule has 1 aliphatic heterocycles. The van der Waals surface area contributed by atoms with E-state index in [-0.39, 0.29) is 16.2 Å². The zero-order valence-corrected chi connectivity index (χ0v) is 15.5. The smallest absolute Gasteiger partial charge is 0.260 e. The predicted octanol–water partition coefficient (Wildman–Crippen LogP) is 2.84. The summed E-state index contributed by atoms with van der Waals surface area (Å²) in [4.78, 5) is 15.4. The minimum Gasteiger partial charge on any atom is -0.497 e. The summed E-state index contributed by atoms with van der Waals surface area (Å²) in [6.45, 7) is 0.718. The molecule has 0 fully saturated rings. The van der Waals surface area contributed by atoms with Gasteiger partial charge in [0.2, 0.25) is 5.88 Å². The van der Waals surface area contributed by atoms with Crippen LogP contribution in [0, 0.1) is 4.77 Å². The molecule has 1 atom stereocenters. The maximum absolute atomic E-state index is 12.7. The first-order valence-electron chi connectivity index (χ1n) is 8.64. The van der Waals surface area contributed by atoms with Crippen LogP contribution in [0.3, 0.4) is 0 Å². The van der Waals surface area contributed by atoms with Crippen LogP contribution >= 0.6 is 12.2 Å². The van der Waals surface area contributed by atoms with Crippen LogP contribution in [0.1, 0.15) is 22.7 Å². The first-order chi connectivity index (χ1) is 13.1. The zero-order chi connectivity index (χ0) is 19.0. The average molecular weight is 381 g/mol. The monoisotopic (exact) mass is 381 g/mol. The molecule has 6 nitrogen and oxygen atoms in total. The number of H-pyrrole nitrogens is 1. The molecule has 27 heavy (non-hydrogen) atoms. The first-order valence-corrected chi connectivity index (χ1v) is 9.05. The fraction of sp³-hybridized carbons (Fsp3) is 0.200. The molecule has 0 saturated carbocycles. The number of ether oxygens (including phenoxy) is 1. The molecule has 4 rings (SSSR count). The number of fused-ring (bicyclic) bond motifs is 1. The van der Waals surface area contributed by atoms with Crippen LogP contribution in [-0.4, -0.2) is 28.3 Å². The molecule has 0 amide bonds. The number of aromatic hydroxyl groups is 1. The van der Waals surface area contributed by atoms with E-state index < -0.39 is 11.6 Å². The topological polar surface area (TPSA) is 79.3 Å². The van der Waals surface area contributed by atoms with Crippen LogP contribution in [0.4, 0.5) is 0 Å². The Bertz CT molecular complexity index is 1120. The Balaban J connectivity index is 1.94.